The van der Waals surface area contributed by atoms with Gasteiger partial charge in [-0.3, -0.25) is 4.40 Å². The Bertz CT molecular complexity index is 730. The molecule has 1 N–H and O–H groups in total. The summed E-state index contributed by atoms with van der Waals surface area (Å²) in [5.74, 6) is -0.648. The smallest absolute Gasteiger partial charge is 0.328 e. The molecular formula is C12H9N5O2S. The second kappa shape index (κ2) is 5.87. The molecule has 0 fully saturated rings. The number of fused-ring (bicyclic) bond motifs is 1. The largest absolute Gasteiger partial charge is 0.478 e. The lowest BCUT2D eigenvalue weighted by molar-refractivity contribution is -0.131. The lowest BCUT2D eigenvalue weighted by Gasteiger charge is -2.15. The fourth-order valence-corrected chi connectivity index (χ4v) is 2.42. The van der Waals surface area contributed by atoms with Crippen LogP contribution < -0.4 is 4.90 Å². The number of nitriles is 2. The maximum Gasteiger partial charge on any atom is 0.328 e. The van der Waals surface area contributed by atoms with Crippen molar-refractivity contribution >= 4 is 34.2 Å². The average Bonchev–Trinajstić information content (AvgIpc) is 2.96. The lowest BCUT2D eigenvalue weighted by Crippen LogP contribution is -2.25. The third-order valence-corrected chi connectivity index (χ3v) is 3.24. The molecule has 0 aliphatic heterocycles. The van der Waals surface area contributed by atoms with Crippen LogP contribution in [0.5, 0.6) is 0 Å². The number of thiazole rings is 1. The van der Waals surface area contributed by atoms with Crippen LogP contribution in [0.15, 0.2) is 17.7 Å². The summed E-state index contributed by atoms with van der Waals surface area (Å²) in [6.07, 6.45) is 4.17. The Morgan fingerprint density at radius 3 is 2.80 bits per heavy atom. The van der Waals surface area contributed by atoms with Gasteiger partial charge in [0.25, 0.3) is 0 Å². The summed E-state index contributed by atoms with van der Waals surface area (Å²) < 4.78 is 1.72. The van der Waals surface area contributed by atoms with Crippen molar-refractivity contribution in [3.05, 3.63) is 23.3 Å². The van der Waals surface area contributed by atoms with Crippen molar-refractivity contribution < 1.29 is 9.90 Å². The second-order valence-corrected chi connectivity index (χ2v) is 4.59. The van der Waals surface area contributed by atoms with Crippen LogP contribution in [0, 0.1) is 22.7 Å². The zero-order valence-corrected chi connectivity index (χ0v) is 11.0. The number of aliphatic carboxylic acids is 1. The molecule has 0 saturated carbocycles. The van der Waals surface area contributed by atoms with E-state index in [0.717, 1.165) is 6.08 Å². The van der Waals surface area contributed by atoms with Crippen LogP contribution >= 0.6 is 11.3 Å². The first-order valence-electron chi connectivity index (χ1n) is 5.52. The molecule has 0 saturated heterocycles. The van der Waals surface area contributed by atoms with Crippen LogP contribution in [0.4, 0.5) is 5.82 Å². The third kappa shape index (κ3) is 2.60. The molecule has 0 aliphatic rings. The quantitative estimate of drug-likeness (QED) is 0.657. The van der Waals surface area contributed by atoms with Crippen LogP contribution in [0.1, 0.15) is 5.69 Å². The Morgan fingerprint density at radius 1 is 1.50 bits per heavy atom. The Kier molecular flexibility index (Phi) is 3.99. The van der Waals surface area contributed by atoms with Gasteiger partial charge in [0.15, 0.2) is 10.8 Å². The number of rotatable bonds is 5. The molecule has 2 aromatic rings. The van der Waals surface area contributed by atoms with Crippen molar-refractivity contribution in [1.82, 2.24) is 9.38 Å². The highest BCUT2D eigenvalue weighted by atomic mass is 32.1. The molecule has 20 heavy (non-hydrogen) atoms. The van der Waals surface area contributed by atoms with Crippen LogP contribution in [0.2, 0.25) is 0 Å². The molecule has 0 atom stereocenters. The molecule has 0 aromatic carbocycles. The van der Waals surface area contributed by atoms with Crippen molar-refractivity contribution in [3.63, 3.8) is 0 Å². The monoisotopic (exact) mass is 287 g/mol. The molecule has 0 aliphatic carbocycles. The molecule has 100 valence electrons. The van der Waals surface area contributed by atoms with Gasteiger partial charge in [-0.2, -0.15) is 10.5 Å². The fourth-order valence-electron chi connectivity index (χ4n) is 1.71. The number of anilines is 1. The zero-order chi connectivity index (χ0) is 14.5. The van der Waals surface area contributed by atoms with E-state index in [9.17, 15) is 4.79 Å². The molecule has 2 heterocycles. The van der Waals surface area contributed by atoms with E-state index >= 15 is 0 Å². The summed E-state index contributed by atoms with van der Waals surface area (Å²) >= 11 is 1.39. The SMILES string of the molecule is N#CCN(CC#N)c1nc2sccn2c1/C=C/C(=O)O. The van der Waals surface area contributed by atoms with Crippen molar-refractivity contribution in [2.24, 2.45) is 0 Å². The topological polar surface area (TPSA) is 105 Å². The molecular weight excluding hydrogens is 278 g/mol. The molecule has 0 unspecified atom stereocenters. The number of nitrogens with zero attached hydrogens (tertiary/aromatic N) is 5. The average molecular weight is 287 g/mol. The van der Waals surface area contributed by atoms with Crippen LogP contribution in [0.3, 0.4) is 0 Å². The van der Waals surface area contributed by atoms with Crippen LogP contribution in [-0.4, -0.2) is 33.6 Å². The van der Waals surface area contributed by atoms with Gasteiger partial charge >= 0.3 is 5.97 Å². The normalized spacial score (nSPS) is 10.5. The van der Waals surface area contributed by atoms with E-state index in [2.05, 4.69) is 4.98 Å². The van der Waals surface area contributed by atoms with Crippen molar-refractivity contribution in [2.45, 2.75) is 0 Å². The number of carbonyl (C=O) groups is 1. The highest BCUT2D eigenvalue weighted by Crippen LogP contribution is 2.25. The number of aromatic nitrogens is 2. The minimum absolute atomic E-state index is 0.00626. The Balaban J connectivity index is 2.53. The highest BCUT2D eigenvalue weighted by Gasteiger charge is 2.17. The molecule has 7 nitrogen and oxygen atoms in total. The van der Waals surface area contributed by atoms with Gasteiger partial charge in [-0.1, -0.05) is 0 Å². The van der Waals surface area contributed by atoms with E-state index in [1.807, 2.05) is 17.5 Å². The Morgan fingerprint density at radius 2 is 2.20 bits per heavy atom. The summed E-state index contributed by atoms with van der Waals surface area (Å²) in [6, 6.07) is 3.94. The maximum absolute atomic E-state index is 10.7. The van der Waals surface area contributed by atoms with Crippen LogP contribution in [0.25, 0.3) is 11.0 Å². The van der Waals surface area contributed by atoms with Gasteiger partial charge in [-0.15, -0.1) is 11.3 Å². The van der Waals surface area contributed by atoms with E-state index in [-0.39, 0.29) is 13.1 Å². The molecule has 2 aromatic heterocycles. The summed E-state index contributed by atoms with van der Waals surface area (Å²) in [5, 5.41) is 28.2. The molecule has 0 radical (unpaired) electrons. The highest BCUT2D eigenvalue weighted by molar-refractivity contribution is 7.15. The van der Waals surface area contributed by atoms with E-state index < -0.39 is 5.97 Å². The minimum Gasteiger partial charge on any atom is -0.478 e. The number of hydrogen-bond donors (Lipinski definition) is 1. The van der Waals surface area contributed by atoms with Gasteiger partial charge in [0, 0.05) is 17.7 Å². The molecule has 0 bridgehead atoms. The number of carboxylic acid groups (broad SMARTS) is 1. The maximum atomic E-state index is 10.7. The minimum atomic E-state index is -1.08. The number of carboxylic acids is 1. The van der Waals surface area contributed by atoms with Crippen LogP contribution in [-0.2, 0) is 4.79 Å². The fraction of sp³-hybridized carbons (Fsp3) is 0.167. The lowest BCUT2D eigenvalue weighted by atomic mass is 10.3. The van der Waals surface area contributed by atoms with Crippen molar-refractivity contribution in [2.75, 3.05) is 18.0 Å². The Hall–Kier alpha value is -2.84. The summed E-state index contributed by atoms with van der Waals surface area (Å²) in [7, 11) is 0. The van der Waals surface area contributed by atoms with E-state index in [1.165, 1.54) is 22.3 Å². The standard InChI is InChI=1S/C12H9N5O2S/c13-3-5-16(6-4-14)11-9(1-2-10(18)19)17-7-8-20-12(17)15-11/h1-2,7-8H,5-6H2,(H,18,19)/b2-1+. The molecule has 0 amide bonds. The van der Waals surface area contributed by atoms with Crippen molar-refractivity contribution in [1.29, 1.82) is 10.5 Å². The predicted molar refractivity (Wildman–Crippen MR) is 73.2 cm³/mol. The predicted octanol–water partition coefficient (Wildman–Crippen LogP) is 1.35. The number of imidazole rings is 1. The van der Waals surface area contributed by atoms with Gasteiger partial charge in [0.1, 0.15) is 13.1 Å². The molecule has 2 rings (SSSR count). The first kappa shape index (κ1) is 13.6. The van der Waals surface area contributed by atoms with Gasteiger partial charge < -0.3 is 10.0 Å². The van der Waals surface area contributed by atoms with Gasteiger partial charge in [0.2, 0.25) is 0 Å². The van der Waals surface area contributed by atoms with E-state index in [4.69, 9.17) is 15.6 Å². The van der Waals surface area contributed by atoms with Gasteiger partial charge in [-0.05, 0) is 6.08 Å². The third-order valence-electron chi connectivity index (χ3n) is 2.49. The second-order valence-electron chi connectivity index (χ2n) is 3.72. The van der Waals surface area contributed by atoms with E-state index in [0.29, 0.717) is 16.5 Å². The molecule has 8 heteroatoms. The zero-order valence-electron chi connectivity index (χ0n) is 10.2. The van der Waals surface area contributed by atoms with Gasteiger partial charge in [0.05, 0.1) is 17.8 Å². The summed E-state index contributed by atoms with van der Waals surface area (Å²) in [5.41, 5.74) is 0.536. The number of hydrogen-bond acceptors (Lipinski definition) is 6. The Labute approximate surface area is 118 Å². The molecule has 0 spiro atoms. The van der Waals surface area contributed by atoms with Gasteiger partial charge in [-0.25, -0.2) is 9.78 Å². The van der Waals surface area contributed by atoms with Crippen molar-refractivity contribution in [3.8, 4) is 12.1 Å². The summed E-state index contributed by atoms with van der Waals surface area (Å²) in [4.78, 5) is 17.2. The first-order valence-corrected chi connectivity index (χ1v) is 6.40. The first-order chi connectivity index (χ1) is 9.67. The summed E-state index contributed by atoms with van der Waals surface area (Å²) in [6.45, 7) is 0.0125. The van der Waals surface area contributed by atoms with E-state index in [1.54, 1.807) is 10.6 Å².